The smallest absolute Gasteiger partial charge is 0.488 e. The van der Waals surface area contributed by atoms with Gasteiger partial charge in [0.1, 0.15) is 5.75 Å². The number of hydrogen-bond donors (Lipinski definition) is 3. The van der Waals surface area contributed by atoms with Gasteiger partial charge in [0.25, 0.3) is 0 Å². The fourth-order valence-electron chi connectivity index (χ4n) is 1.35. The topological polar surface area (TPSA) is 85.4 Å². The summed E-state index contributed by atoms with van der Waals surface area (Å²) >= 11 is 0. The van der Waals surface area contributed by atoms with Crippen molar-refractivity contribution in [3.05, 3.63) is 48.5 Å². The van der Waals surface area contributed by atoms with Crippen LogP contribution in [-0.2, 0) is 0 Å². The van der Waals surface area contributed by atoms with Crippen LogP contribution in [0.15, 0.2) is 58.8 Å². The molecule has 0 aromatic heterocycles. The number of azo groups is 1. The Morgan fingerprint density at radius 1 is 0.722 bits per heavy atom. The van der Waals surface area contributed by atoms with Crippen molar-refractivity contribution in [1.82, 2.24) is 0 Å². The molecule has 18 heavy (non-hydrogen) atoms. The van der Waals surface area contributed by atoms with Crippen LogP contribution in [0.4, 0.5) is 11.4 Å². The molecule has 0 bridgehead atoms. The van der Waals surface area contributed by atoms with Gasteiger partial charge in [0.2, 0.25) is 0 Å². The zero-order chi connectivity index (χ0) is 13.0. The molecule has 2 rings (SSSR count). The molecule has 2 aromatic rings. The first-order chi connectivity index (χ1) is 8.65. The van der Waals surface area contributed by atoms with Crippen molar-refractivity contribution < 1.29 is 15.2 Å². The van der Waals surface area contributed by atoms with E-state index in [4.69, 9.17) is 15.2 Å². The first-order valence-corrected chi connectivity index (χ1v) is 5.32. The lowest BCUT2D eigenvalue weighted by Gasteiger charge is -1.98. The second-order valence-electron chi connectivity index (χ2n) is 3.68. The van der Waals surface area contributed by atoms with Gasteiger partial charge in [-0.15, -0.1) is 0 Å². The van der Waals surface area contributed by atoms with E-state index in [0.717, 1.165) is 0 Å². The van der Waals surface area contributed by atoms with Gasteiger partial charge in [-0.05, 0) is 41.9 Å². The largest absolute Gasteiger partial charge is 0.508 e. The molecule has 0 aliphatic rings. The highest BCUT2D eigenvalue weighted by Crippen LogP contribution is 2.19. The zero-order valence-corrected chi connectivity index (χ0v) is 9.43. The second kappa shape index (κ2) is 5.44. The Balaban J connectivity index is 2.11. The maximum atomic E-state index is 9.10. The van der Waals surface area contributed by atoms with Crippen molar-refractivity contribution in [3.8, 4) is 5.75 Å². The number of rotatable bonds is 3. The third-order valence-electron chi connectivity index (χ3n) is 2.32. The third-order valence-corrected chi connectivity index (χ3v) is 2.32. The summed E-state index contributed by atoms with van der Waals surface area (Å²) in [5.41, 5.74) is 1.63. The van der Waals surface area contributed by atoms with Gasteiger partial charge < -0.3 is 15.2 Å². The average molecular weight is 242 g/mol. The lowest BCUT2D eigenvalue weighted by atomic mass is 9.80. The summed E-state index contributed by atoms with van der Waals surface area (Å²) in [6.45, 7) is 0. The van der Waals surface area contributed by atoms with Crippen molar-refractivity contribution in [1.29, 1.82) is 0 Å². The molecule has 0 unspecified atom stereocenters. The fourth-order valence-corrected chi connectivity index (χ4v) is 1.35. The van der Waals surface area contributed by atoms with Crippen LogP contribution < -0.4 is 5.46 Å². The number of hydrogen-bond acceptors (Lipinski definition) is 5. The Bertz CT molecular complexity index is 538. The van der Waals surface area contributed by atoms with Crippen LogP contribution in [0.25, 0.3) is 0 Å². The van der Waals surface area contributed by atoms with Gasteiger partial charge in [0, 0.05) is 0 Å². The summed E-state index contributed by atoms with van der Waals surface area (Å²) in [6, 6.07) is 12.7. The fraction of sp³-hybridized carbons (Fsp3) is 0. The molecule has 0 amide bonds. The molecule has 0 aliphatic carbocycles. The third kappa shape index (κ3) is 3.16. The Hall–Kier alpha value is -2.18. The molecule has 2 aromatic carbocycles. The van der Waals surface area contributed by atoms with Gasteiger partial charge >= 0.3 is 7.12 Å². The van der Waals surface area contributed by atoms with Crippen molar-refractivity contribution >= 4 is 24.0 Å². The molecule has 0 heterocycles. The minimum Gasteiger partial charge on any atom is -0.508 e. The first-order valence-electron chi connectivity index (χ1n) is 5.32. The summed E-state index contributed by atoms with van der Waals surface area (Å²) in [5, 5.41) is 34.9. The molecule has 0 fully saturated rings. The maximum Gasteiger partial charge on any atom is 0.488 e. The van der Waals surface area contributed by atoms with Crippen molar-refractivity contribution in [3.63, 3.8) is 0 Å². The van der Waals surface area contributed by atoms with Crippen LogP contribution in [0.3, 0.4) is 0 Å². The molecule has 3 N–H and O–H groups in total. The van der Waals surface area contributed by atoms with E-state index in [1.165, 1.54) is 12.1 Å². The molecule has 5 nitrogen and oxygen atoms in total. The maximum absolute atomic E-state index is 9.10. The Morgan fingerprint density at radius 3 is 1.61 bits per heavy atom. The van der Waals surface area contributed by atoms with E-state index in [9.17, 15) is 0 Å². The van der Waals surface area contributed by atoms with Crippen LogP contribution in [0.2, 0.25) is 0 Å². The highest BCUT2D eigenvalue weighted by molar-refractivity contribution is 6.58. The highest BCUT2D eigenvalue weighted by atomic mass is 16.4. The van der Waals surface area contributed by atoms with Crippen molar-refractivity contribution in [2.24, 2.45) is 10.2 Å². The highest BCUT2D eigenvalue weighted by Gasteiger charge is 2.09. The van der Waals surface area contributed by atoms with Gasteiger partial charge in [-0.2, -0.15) is 10.2 Å². The Kier molecular flexibility index (Phi) is 3.71. The molecule has 0 atom stereocenters. The SMILES string of the molecule is OB(O)c1ccc(N=Nc2ccc(O)cc2)cc1. The standard InChI is InChI=1S/C12H11BN2O3/c16-12-7-5-11(6-8-12)15-14-10-3-1-9(2-4-10)13(17)18/h1-8,16-18H. The number of benzene rings is 2. The van der Waals surface area contributed by atoms with Gasteiger partial charge in [0.15, 0.2) is 0 Å². The average Bonchev–Trinajstić information content (AvgIpc) is 2.38. The number of phenolic OH excluding ortho intramolecular Hbond substituents is 1. The number of nitrogens with zero attached hydrogens (tertiary/aromatic N) is 2. The lowest BCUT2D eigenvalue weighted by Crippen LogP contribution is -2.29. The minimum absolute atomic E-state index is 0.176. The molecule has 0 saturated carbocycles. The van der Waals surface area contributed by atoms with Gasteiger partial charge in [0.05, 0.1) is 11.4 Å². The van der Waals surface area contributed by atoms with Gasteiger partial charge in [-0.25, -0.2) is 0 Å². The quantitative estimate of drug-likeness (QED) is 0.562. The molecule has 0 saturated heterocycles. The van der Waals surface area contributed by atoms with Crippen molar-refractivity contribution in [2.45, 2.75) is 0 Å². The Morgan fingerprint density at radius 2 is 1.17 bits per heavy atom. The monoisotopic (exact) mass is 242 g/mol. The molecule has 0 radical (unpaired) electrons. The number of phenols is 1. The summed E-state index contributed by atoms with van der Waals surface area (Å²) in [4.78, 5) is 0. The predicted molar refractivity (Wildman–Crippen MR) is 68.6 cm³/mol. The lowest BCUT2D eigenvalue weighted by molar-refractivity contribution is 0.426. The van der Waals surface area contributed by atoms with E-state index in [0.29, 0.717) is 16.8 Å². The van der Waals surface area contributed by atoms with E-state index in [1.54, 1.807) is 36.4 Å². The Labute approximate surface area is 104 Å². The van der Waals surface area contributed by atoms with Crippen LogP contribution in [-0.4, -0.2) is 22.3 Å². The van der Waals surface area contributed by atoms with E-state index < -0.39 is 7.12 Å². The number of aromatic hydroxyl groups is 1. The van der Waals surface area contributed by atoms with E-state index in [-0.39, 0.29) is 5.75 Å². The van der Waals surface area contributed by atoms with Crippen LogP contribution in [0.5, 0.6) is 5.75 Å². The van der Waals surface area contributed by atoms with Crippen LogP contribution in [0, 0.1) is 0 Å². The van der Waals surface area contributed by atoms with E-state index in [1.807, 2.05) is 0 Å². The van der Waals surface area contributed by atoms with Crippen LogP contribution in [0.1, 0.15) is 0 Å². The molecular weight excluding hydrogens is 231 g/mol. The predicted octanol–water partition coefficient (Wildman–Crippen LogP) is 1.49. The summed E-state index contributed by atoms with van der Waals surface area (Å²) in [5.74, 6) is 0.176. The molecule has 90 valence electrons. The van der Waals surface area contributed by atoms with E-state index >= 15 is 0 Å². The summed E-state index contributed by atoms with van der Waals surface area (Å²) in [6.07, 6.45) is 0. The van der Waals surface area contributed by atoms with Gasteiger partial charge in [-0.3, -0.25) is 0 Å². The zero-order valence-electron chi connectivity index (χ0n) is 9.43. The minimum atomic E-state index is -1.48. The molecule has 6 heteroatoms. The van der Waals surface area contributed by atoms with Crippen molar-refractivity contribution in [2.75, 3.05) is 0 Å². The molecule has 0 spiro atoms. The normalized spacial score (nSPS) is 10.8. The molecule has 0 aliphatic heterocycles. The van der Waals surface area contributed by atoms with E-state index in [2.05, 4.69) is 10.2 Å². The first kappa shape index (κ1) is 12.3. The van der Waals surface area contributed by atoms with Gasteiger partial charge in [-0.1, -0.05) is 12.1 Å². The molecular formula is C12H11BN2O3. The summed E-state index contributed by atoms with van der Waals surface area (Å²) < 4.78 is 0. The van der Waals surface area contributed by atoms with Crippen LogP contribution >= 0.6 is 0 Å². The second-order valence-corrected chi connectivity index (χ2v) is 3.68. The summed E-state index contributed by atoms with van der Waals surface area (Å²) in [7, 11) is -1.48.